The molecule has 0 aliphatic carbocycles. The van der Waals surface area contributed by atoms with Gasteiger partial charge in [-0.05, 0) is 25.1 Å². The molecule has 72 valence electrons. The van der Waals surface area contributed by atoms with E-state index in [2.05, 4.69) is 11.9 Å². The first-order chi connectivity index (χ1) is 6.68. The molecule has 4 heteroatoms. The van der Waals surface area contributed by atoms with E-state index >= 15 is 0 Å². The first-order valence-electron chi connectivity index (χ1n) is 4.25. The maximum absolute atomic E-state index is 5.84. The van der Waals surface area contributed by atoms with Crippen molar-refractivity contribution in [2.75, 3.05) is 11.5 Å². The van der Waals surface area contributed by atoms with E-state index in [1.807, 2.05) is 12.1 Å². The molecule has 0 saturated heterocycles. The molecule has 0 saturated carbocycles. The molecule has 0 atom stereocenters. The normalized spacial score (nSPS) is 10.4. The van der Waals surface area contributed by atoms with Crippen LogP contribution in [-0.2, 0) is 0 Å². The van der Waals surface area contributed by atoms with Gasteiger partial charge >= 0.3 is 0 Å². The van der Waals surface area contributed by atoms with Crippen molar-refractivity contribution in [3.05, 3.63) is 29.3 Å². The summed E-state index contributed by atoms with van der Waals surface area (Å²) in [7, 11) is 0. The van der Waals surface area contributed by atoms with Crippen LogP contribution >= 0.6 is 11.3 Å². The van der Waals surface area contributed by atoms with Gasteiger partial charge in [0, 0.05) is 11.1 Å². The smallest absolute Gasteiger partial charge is 0.105 e. The summed E-state index contributed by atoms with van der Waals surface area (Å²) in [4.78, 5) is 6.53. The van der Waals surface area contributed by atoms with Gasteiger partial charge < -0.3 is 11.5 Å². The fourth-order valence-corrected chi connectivity index (χ4v) is 2.12. The molecule has 2 aromatic rings. The number of thiophene rings is 1. The van der Waals surface area contributed by atoms with Crippen LogP contribution < -0.4 is 11.5 Å². The van der Waals surface area contributed by atoms with E-state index in [-0.39, 0.29) is 0 Å². The summed E-state index contributed by atoms with van der Waals surface area (Å²) in [5.41, 5.74) is 13.5. The molecule has 0 radical (unpaired) electrons. The Balaban J connectivity index is 2.57. The van der Waals surface area contributed by atoms with Crippen molar-refractivity contribution in [3.8, 4) is 10.6 Å². The second-order valence-corrected chi connectivity index (χ2v) is 4.36. The summed E-state index contributed by atoms with van der Waals surface area (Å²) >= 11 is 1.67. The lowest BCUT2D eigenvalue weighted by atomic mass is 10.2. The summed E-state index contributed by atoms with van der Waals surface area (Å²) in [6, 6.07) is 5.77. The van der Waals surface area contributed by atoms with Crippen molar-refractivity contribution in [2.45, 2.75) is 6.92 Å². The lowest BCUT2D eigenvalue weighted by molar-refractivity contribution is 1.34. The molecule has 3 nitrogen and oxygen atoms in total. The Morgan fingerprint density at radius 2 is 2.00 bits per heavy atom. The molecule has 2 aromatic heterocycles. The van der Waals surface area contributed by atoms with Gasteiger partial charge in [-0.3, -0.25) is 4.98 Å². The van der Waals surface area contributed by atoms with Gasteiger partial charge in [0.1, 0.15) is 5.69 Å². The van der Waals surface area contributed by atoms with Crippen LogP contribution in [0.15, 0.2) is 24.4 Å². The third-order valence-electron chi connectivity index (χ3n) is 2.00. The standard InChI is InChI=1S/C10H11N3S/c1-6-2-3-8(14-6)10-9(12)7(11)4-5-13-10/h2-5H,12H2,1H3,(H2,11,13). The van der Waals surface area contributed by atoms with E-state index < -0.39 is 0 Å². The molecule has 2 rings (SSSR count). The van der Waals surface area contributed by atoms with Gasteiger partial charge in [-0.1, -0.05) is 0 Å². The second kappa shape index (κ2) is 3.31. The minimum atomic E-state index is 0.564. The number of anilines is 2. The molecule has 4 N–H and O–H groups in total. The first-order valence-corrected chi connectivity index (χ1v) is 5.07. The number of aryl methyl sites for hydroxylation is 1. The number of nitrogens with zero attached hydrogens (tertiary/aromatic N) is 1. The summed E-state index contributed by atoms with van der Waals surface area (Å²) in [6.45, 7) is 2.05. The monoisotopic (exact) mass is 205 g/mol. The van der Waals surface area contributed by atoms with Crippen molar-refractivity contribution in [1.29, 1.82) is 0 Å². The Bertz CT molecular complexity index is 462. The van der Waals surface area contributed by atoms with Crippen LogP contribution in [0.1, 0.15) is 4.88 Å². The minimum absolute atomic E-state index is 0.564. The number of aromatic nitrogens is 1. The molecule has 0 unspecified atom stereocenters. The summed E-state index contributed by atoms with van der Waals surface area (Å²) in [5.74, 6) is 0. The quantitative estimate of drug-likeness (QED) is 0.750. The first kappa shape index (κ1) is 9.02. The van der Waals surface area contributed by atoms with Gasteiger partial charge in [0.25, 0.3) is 0 Å². The predicted molar refractivity (Wildman–Crippen MR) is 61.1 cm³/mol. The highest BCUT2D eigenvalue weighted by molar-refractivity contribution is 7.15. The van der Waals surface area contributed by atoms with Gasteiger partial charge in [-0.15, -0.1) is 11.3 Å². The van der Waals surface area contributed by atoms with Gasteiger partial charge in [-0.25, -0.2) is 0 Å². The van der Waals surface area contributed by atoms with Crippen molar-refractivity contribution in [3.63, 3.8) is 0 Å². The molecule has 14 heavy (non-hydrogen) atoms. The van der Waals surface area contributed by atoms with E-state index in [1.165, 1.54) is 4.88 Å². The molecule has 0 amide bonds. The Hall–Kier alpha value is -1.55. The van der Waals surface area contributed by atoms with Gasteiger partial charge in [-0.2, -0.15) is 0 Å². The van der Waals surface area contributed by atoms with E-state index in [0.717, 1.165) is 10.6 Å². The molecule has 0 bridgehead atoms. The highest BCUT2D eigenvalue weighted by atomic mass is 32.1. The molecule has 0 aromatic carbocycles. The molecule has 0 aliphatic rings. The molecule has 0 fully saturated rings. The van der Waals surface area contributed by atoms with Crippen LogP contribution in [0.25, 0.3) is 10.6 Å². The summed E-state index contributed by atoms with van der Waals surface area (Å²) < 4.78 is 0. The van der Waals surface area contributed by atoms with Gasteiger partial charge in [0.05, 0.1) is 16.3 Å². The zero-order chi connectivity index (χ0) is 10.1. The minimum Gasteiger partial charge on any atom is -0.397 e. The van der Waals surface area contributed by atoms with Crippen LogP contribution in [0.3, 0.4) is 0 Å². The van der Waals surface area contributed by atoms with E-state index in [0.29, 0.717) is 11.4 Å². The Morgan fingerprint density at radius 3 is 2.64 bits per heavy atom. The number of pyridine rings is 1. The second-order valence-electron chi connectivity index (χ2n) is 3.07. The third kappa shape index (κ3) is 1.44. The molecule has 2 heterocycles. The van der Waals surface area contributed by atoms with Crippen molar-refractivity contribution >= 4 is 22.7 Å². The van der Waals surface area contributed by atoms with Crippen molar-refractivity contribution in [2.24, 2.45) is 0 Å². The Morgan fingerprint density at radius 1 is 1.21 bits per heavy atom. The van der Waals surface area contributed by atoms with Crippen molar-refractivity contribution in [1.82, 2.24) is 4.98 Å². The van der Waals surface area contributed by atoms with Crippen molar-refractivity contribution < 1.29 is 0 Å². The van der Waals surface area contributed by atoms with Crippen LogP contribution in [-0.4, -0.2) is 4.98 Å². The predicted octanol–water partition coefficient (Wildman–Crippen LogP) is 2.28. The maximum Gasteiger partial charge on any atom is 0.105 e. The van der Waals surface area contributed by atoms with Gasteiger partial charge in [0.15, 0.2) is 0 Å². The topological polar surface area (TPSA) is 64.9 Å². The fourth-order valence-electron chi connectivity index (χ4n) is 1.25. The van der Waals surface area contributed by atoms with Crippen LogP contribution in [0, 0.1) is 6.92 Å². The fraction of sp³-hybridized carbons (Fsp3) is 0.100. The number of nitrogens with two attached hydrogens (primary N) is 2. The number of hydrogen-bond acceptors (Lipinski definition) is 4. The lowest BCUT2D eigenvalue weighted by Crippen LogP contribution is -1.97. The van der Waals surface area contributed by atoms with E-state index in [9.17, 15) is 0 Å². The zero-order valence-corrected chi connectivity index (χ0v) is 8.64. The molecule has 0 aliphatic heterocycles. The highest BCUT2D eigenvalue weighted by Gasteiger charge is 2.07. The number of nitrogen functional groups attached to an aromatic ring is 2. The zero-order valence-electron chi connectivity index (χ0n) is 7.82. The van der Waals surface area contributed by atoms with Crippen LogP contribution in [0.2, 0.25) is 0 Å². The SMILES string of the molecule is Cc1ccc(-c2nccc(N)c2N)s1. The van der Waals surface area contributed by atoms with E-state index in [1.54, 1.807) is 23.6 Å². The van der Waals surface area contributed by atoms with E-state index in [4.69, 9.17) is 11.5 Å². The molecule has 0 spiro atoms. The summed E-state index contributed by atoms with van der Waals surface area (Å²) in [6.07, 6.45) is 1.68. The average Bonchev–Trinajstić information content (AvgIpc) is 2.57. The number of hydrogen-bond donors (Lipinski definition) is 2. The van der Waals surface area contributed by atoms with Crippen LogP contribution in [0.5, 0.6) is 0 Å². The summed E-state index contributed by atoms with van der Waals surface area (Å²) in [5, 5.41) is 0. The van der Waals surface area contributed by atoms with Gasteiger partial charge in [0.2, 0.25) is 0 Å². The molecular formula is C10H11N3S. The third-order valence-corrected chi connectivity index (χ3v) is 3.01. The Kier molecular flexibility index (Phi) is 2.13. The molecular weight excluding hydrogens is 194 g/mol. The largest absolute Gasteiger partial charge is 0.397 e. The average molecular weight is 205 g/mol. The Labute approximate surface area is 86.4 Å². The highest BCUT2D eigenvalue weighted by Crippen LogP contribution is 2.32. The maximum atomic E-state index is 5.84. The lowest BCUT2D eigenvalue weighted by Gasteiger charge is -2.03. The number of rotatable bonds is 1. The van der Waals surface area contributed by atoms with Crippen LogP contribution in [0.4, 0.5) is 11.4 Å².